The van der Waals surface area contributed by atoms with Crippen LogP contribution in [0.15, 0.2) is 24.3 Å². The first-order chi connectivity index (χ1) is 8.57. The molecule has 0 fully saturated rings. The van der Waals surface area contributed by atoms with E-state index in [-0.39, 0.29) is 11.7 Å². The van der Waals surface area contributed by atoms with E-state index in [0.29, 0.717) is 19.3 Å². The topological polar surface area (TPSA) is 46.2 Å². The SMILES string of the molecule is CCC(=O)NC1(C(C)=O)CCc2ccccc2C1. The number of rotatable bonds is 3. The third kappa shape index (κ3) is 2.30. The number of hydrogen-bond donors (Lipinski definition) is 1. The summed E-state index contributed by atoms with van der Waals surface area (Å²) in [5.74, 6) is 0.00313. The van der Waals surface area contributed by atoms with E-state index in [2.05, 4.69) is 11.4 Å². The number of fused-ring (bicyclic) bond motifs is 1. The van der Waals surface area contributed by atoms with Crippen LogP contribution in [0.2, 0.25) is 0 Å². The summed E-state index contributed by atoms with van der Waals surface area (Å²) in [6.45, 7) is 3.38. The van der Waals surface area contributed by atoms with Gasteiger partial charge in [-0.1, -0.05) is 31.2 Å². The van der Waals surface area contributed by atoms with Crippen molar-refractivity contribution >= 4 is 11.7 Å². The van der Waals surface area contributed by atoms with Gasteiger partial charge in [-0.25, -0.2) is 0 Å². The van der Waals surface area contributed by atoms with Gasteiger partial charge >= 0.3 is 0 Å². The molecule has 0 saturated carbocycles. The van der Waals surface area contributed by atoms with Gasteiger partial charge in [0.2, 0.25) is 5.91 Å². The number of benzene rings is 1. The van der Waals surface area contributed by atoms with Gasteiger partial charge in [0.25, 0.3) is 0 Å². The van der Waals surface area contributed by atoms with E-state index in [1.807, 2.05) is 18.2 Å². The number of ketones is 1. The molecule has 1 aromatic rings. The summed E-state index contributed by atoms with van der Waals surface area (Å²) in [5, 5.41) is 2.93. The Hall–Kier alpha value is -1.64. The lowest BCUT2D eigenvalue weighted by Crippen LogP contribution is -2.56. The van der Waals surface area contributed by atoms with Crippen molar-refractivity contribution < 1.29 is 9.59 Å². The van der Waals surface area contributed by atoms with Crippen LogP contribution in [0, 0.1) is 0 Å². The van der Waals surface area contributed by atoms with Crippen molar-refractivity contribution in [2.75, 3.05) is 0 Å². The number of carbonyl (C=O) groups excluding carboxylic acids is 2. The van der Waals surface area contributed by atoms with Crippen LogP contribution in [0.25, 0.3) is 0 Å². The highest BCUT2D eigenvalue weighted by Crippen LogP contribution is 2.29. The molecule has 1 N–H and O–H groups in total. The van der Waals surface area contributed by atoms with Gasteiger partial charge in [0.05, 0.1) is 0 Å². The van der Waals surface area contributed by atoms with Crippen molar-refractivity contribution in [2.24, 2.45) is 0 Å². The Bertz CT molecular complexity index is 481. The van der Waals surface area contributed by atoms with Crippen LogP contribution in [0.4, 0.5) is 0 Å². The van der Waals surface area contributed by atoms with Crippen molar-refractivity contribution in [2.45, 2.75) is 45.1 Å². The van der Waals surface area contributed by atoms with E-state index in [1.165, 1.54) is 11.1 Å². The largest absolute Gasteiger partial charge is 0.343 e. The molecule has 1 unspecified atom stereocenters. The quantitative estimate of drug-likeness (QED) is 0.885. The molecular weight excluding hydrogens is 226 g/mol. The summed E-state index contributed by atoms with van der Waals surface area (Å²) >= 11 is 0. The first-order valence-electron chi connectivity index (χ1n) is 6.46. The summed E-state index contributed by atoms with van der Waals surface area (Å²) in [5.41, 5.74) is 1.78. The van der Waals surface area contributed by atoms with Gasteiger partial charge in [0.1, 0.15) is 5.54 Å². The minimum atomic E-state index is -0.693. The minimum absolute atomic E-state index is 0.0513. The molecule has 1 atom stereocenters. The van der Waals surface area contributed by atoms with Crippen LogP contribution in [0.5, 0.6) is 0 Å². The Morgan fingerprint density at radius 2 is 1.94 bits per heavy atom. The second-order valence-electron chi connectivity index (χ2n) is 4.99. The molecule has 0 spiro atoms. The second kappa shape index (κ2) is 4.92. The maximum absolute atomic E-state index is 12.0. The molecule has 1 aromatic carbocycles. The zero-order valence-electron chi connectivity index (χ0n) is 11.0. The van der Waals surface area contributed by atoms with Gasteiger partial charge in [-0.2, -0.15) is 0 Å². The molecule has 1 amide bonds. The molecule has 0 heterocycles. The molecule has 0 aromatic heterocycles. The Balaban J connectivity index is 2.30. The average Bonchev–Trinajstić information content (AvgIpc) is 2.38. The summed E-state index contributed by atoms with van der Waals surface area (Å²) in [6.07, 6.45) is 2.58. The summed E-state index contributed by atoms with van der Waals surface area (Å²) < 4.78 is 0. The number of nitrogens with one attached hydrogen (secondary N) is 1. The van der Waals surface area contributed by atoms with E-state index in [0.717, 1.165) is 6.42 Å². The Labute approximate surface area is 108 Å². The van der Waals surface area contributed by atoms with E-state index in [4.69, 9.17) is 0 Å². The minimum Gasteiger partial charge on any atom is -0.343 e. The number of hydrogen-bond acceptors (Lipinski definition) is 2. The molecule has 96 valence electrons. The highest BCUT2D eigenvalue weighted by atomic mass is 16.2. The van der Waals surface area contributed by atoms with Gasteiger partial charge in [-0.15, -0.1) is 0 Å². The Morgan fingerprint density at radius 1 is 1.28 bits per heavy atom. The van der Waals surface area contributed by atoms with Crippen LogP contribution in [-0.2, 0) is 22.4 Å². The molecule has 0 radical (unpaired) electrons. The van der Waals surface area contributed by atoms with Crippen molar-refractivity contribution in [3.8, 4) is 0 Å². The van der Waals surface area contributed by atoms with Gasteiger partial charge in [-0.05, 0) is 30.9 Å². The molecule has 3 heteroatoms. The smallest absolute Gasteiger partial charge is 0.220 e. The standard InChI is InChI=1S/C15H19NO2/c1-3-14(18)16-15(11(2)17)9-8-12-6-4-5-7-13(12)10-15/h4-7H,3,8-10H2,1-2H3,(H,16,18). The van der Waals surface area contributed by atoms with Crippen LogP contribution < -0.4 is 5.32 Å². The second-order valence-corrected chi connectivity index (χ2v) is 4.99. The fraction of sp³-hybridized carbons (Fsp3) is 0.467. The van der Waals surface area contributed by atoms with Gasteiger partial charge in [0.15, 0.2) is 5.78 Å². The zero-order valence-corrected chi connectivity index (χ0v) is 11.0. The molecular formula is C15H19NO2. The summed E-state index contributed by atoms with van der Waals surface area (Å²) in [6, 6.07) is 8.15. The third-order valence-corrected chi connectivity index (χ3v) is 3.81. The fourth-order valence-corrected chi connectivity index (χ4v) is 2.59. The number of amides is 1. The highest BCUT2D eigenvalue weighted by Gasteiger charge is 2.39. The third-order valence-electron chi connectivity index (χ3n) is 3.81. The van der Waals surface area contributed by atoms with Crippen molar-refractivity contribution in [1.29, 1.82) is 0 Å². The van der Waals surface area contributed by atoms with Gasteiger partial charge < -0.3 is 5.32 Å². The van der Waals surface area contributed by atoms with Crippen LogP contribution in [-0.4, -0.2) is 17.2 Å². The van der Waals surface area contributed by atoms with Crippen LogP contribution in [0.1, 0.15) is 37.8 Å². The van der Waals surface area contributed by atoms with E-state index >= 15 is 0 Å². The lowest BCUT2D eigenvalue weighted by atomic mass is 9.75. The maximum atomic E-state index is 12.0. The molecule has 3 nitrogen and oxygen atoms in total. The Kier molecular flexibility index (Phi) is 3.50. The Morgan fingerprint density at radius 3 is 2.56 bits per heavy atom. The highest BCUT2D eigenvalue weighted by molar-refractivity contribution is 5.92. The van der Waals surface area contributed by atoms with E-state index in [9.17, 15) is 9.59 Å². The van der Waals surface area contributed by atoms with E-state index < -0.39 is 5.54 Å². The van der Waals surface area contributed by atoms with E-state index in [1.54, 1.807) is 13.8 Å². The molecule has 18 heavy (non-hydrogen) atoms. The van der Waals surface area contributed by atoms with Gasteiger partial charge in [0, 0.05) is 12.8 Å². The number of Topliss-reactive ketones (excluding diaryl/α,β-unsaturated/α-hetero) is 1. The maximum Gasteiger partial charge on any atom is 0.220 e. The predicted molar refractivity (Wildman–Crippen MR) is 70.3 cm³/mol. The molecule has 1 aliphatic carbocycles. The molecule has 0 saturated heterocycles. The average molecular weight is 245 g/mol. The molecule has 0 bridgehead atoms. The number of aryl methyl sites for hydroxylation is 1. The first kappa shape index (κ1) is 12.8. The fourth-order valence-electron chi connectivity index (χ4n) is 2.59. The van der Waals surface area contributed by atoms with Crippen molar-refractivity contribution in [1.82, 2.24) is 5.32 Å². The van der Waals surface area contributed by atoms with Crippen molar-refractivity contribution in [3.05, 3.63) is 35.4 Å². The van der Waals surface area contributed by atoms with Crippen molar-refractivity contribution in [3.63, 3.8) is 0 Å². The van der Waals surface area contributed by atoms with Gasteiger partial charge in [-0.3, -0.25) is 9.59 Å². The predicted octanol–water partition coefficient (Wildman–Crippen LogP) is 2.03. The van der Waals surface area contributed by atoms with Crippen LogP contribution >= 0.6 is 0 Å². The lowest BCUT2D eigenvalue weighted by Gasteiger charge is -2.37. The molecule has 0 aliphatic heterocycles. The lowest BCUT2D eigenvalue weighted by molar-refractivity contribution is -0.131. The zero-order chi connectivity index (χ0) is 13.2. The normalized spacial score (nSPS) is 22.1. The molecule has 1 aliphatic rings. The molecule has 2 rings (SSSR count). The van der Waals surface area contributed by atoms with Crippen LogP contribution in [0.3, 0.4) is 0 Å². The summed E-state index contributed by atoms with van der Waals surface area (Å²) in [7, 11) is 0. The first-order valence-corrected chi connectivity index (χ1v) is 6.46. The number of carbonyl (C=O) groups is 2. The monoisotopic (exact) mass is 245 g/mol. The summed E-state index contributed by atoms with van der Waals surface area (Å²) in [4.78, 5) is 23.6.